The Labute approximate surface area is 105 Å². The number of carbonyl (C=O) groups is 1. The molecule has 0 unspecified atom stereocenters. The third-order valence-electron chi connectivity index (χ3n) is 2.97. The van der Waals surface area contributed by atoms with Crippen LogP contribution in [-0.4, -0.2) is 16.2 Å². The molecule has 92 valence electrons. The monoisotopic (exact) mass is 242 g/mol. The van der Waals surface area contributed by atoms with Gasteiger partial charge in [-0.25, -0.2) is 4.79 Å². The quantitative estimate of drug-likeness (QED) is 0.868. The number of carboxylic acids is 1. The van der Waals surface area contributed by atoms with Crippen LogP contribution in [-0.2, 0) is 10.4 Å². The van der Waals surface area contributed by atoms with Gasteiger partial charge in [-0.2, -0.15) is 0 Å². The highest BCUT2D eigenvalue weighted by molar-refractivity contribution is 5.83. The third-order valence-corrected chi connectivity index (χ3v) is 2.97. The van der Waals surface area contributed by atoms with Crippen molar-refractivity contribution in [2.45, 2.75) is 12.5 Å². The summed E-state index contributed by atoms with van der Waals surface area (Å²) in [5.41, 5.74) is -0.290. The molecule has 2 aromatic carbocycles. The minimum absolute atomic E-state index is 0.348. The van der Waals surface area contributed by atoms with Crippen molar-refractivity contribution >= 4 is 5.97 Å². The molecule has 0 aliphatic carbocycles. The van der Waals surface area contributed by atoms with Crippen LogP contribution in [0.1, 0.15) is 16.7 Å². The summed E-state index contributed by atoms with van der Waals surface area (Å²) in [5.74, 6) is -1.28. The molecule has 0 aromatic heterocycles. The van der Waals surface area contributed by atoms with Crippen LogP contribution in [0.3, 0.4) is 0 Å². The van der Waals surface area contributed by atoms with Gasteiger partial charge >= 0.3 is 5.97 Å². The number of aliphatic carboxylic acids is 1. The summed E-state index contributed by atoms with van der Waals surface area (Å²) in [6.07, 6.45) is 0. The van der Waals surface area contributed by atoms with Crippen molar-refractivity contribution in [3.63, 3.8) is 0 Å². The van der Waals surface area contributed by atoms with Crippen molar-refractivity contribution in [2.24, 2.45) is 0 Å². The van der Waals surface area contributed by atoms with Gasteiger partial charge in [-0.1, -0.05) is 60.2 Å². The van der Waals surface area contributed by atoms with Gasteiger partial charge in [-0.05, 0) is 18.1 Å². The molecule has 2 aromatic rings. The van der Waals surface area contributed by atoms with E-state index in [0.29, 0.717) is 11.1 Å². The lowest BCUT2D eigenvalue weighted by Gasteiger charge is -2.24. The van der Waals surface area contributed by atoms with Crippen LogP contribution < -0.4 is 0 Å². The Kier molecular flexibility index (Phi) is 3.17. The van der Waals surface area contributed by atoms with Crippen molar-refractivity contribution in [3.8, 4) is 0 Å². The smallest absolute Gasteiger partial charge is 0.345 e. The fraction of sp³-hybridized carbons (Fsp3) is 0.133. The van der Waals surface area contributed by atoms with Crippen molar-refractivity contribution in [2.75, 3.05) is 0 Å². The predicted molar refractivity (Wildman–Crippen MR) is 68.3 cm³/mol. The van der Waals surface area contributed by atoms with E-state index >= 15 is 0 Å². The Hall–Kier alpha value is -2.13. The topological polar surface area (TPSA) is 57.5 Å². The average Bonchev–Trinajstić information content (AvgIpc) is 2.39. The highest BCUT2D eigenvalue weighted by Crippen LogP contribution is 2.30. The van der Waals surface area contributed by atoms with Crippen LogP contribution in [0.25, 0.3) is 0 Å². The van der Waals surface area contributed by atoms with E-state index in [-0.39, 0.29) is 0 Å². The fourth-order valence-electron chi connectivity index (χ4n) is 1.89. The number of rotatable bonds is 3. The second kappa shape index (κ2) is 4.63. The second-order valence-electron chi connectivity index (χ2n) is 4.25. The van der Waals surface area contributed by atoms with Gasteiger partial charge in [0.1, 0.15) is 0 Å². The lowest BCUT2D eigenvalue weighted by atomic mass is 9.86. The first-order valence-corrected chi connectivity index (χ1v) is 5.63. The Bertz CT molecular complexity index is 546. The van der Waals surface area contributed by atoms with E-state index in [4.69, 9.17) is 0 Å². The van der Waals surface area contributed by atoms with Gasteiger partial charge in [0.2, 0.25) is 5.60 Å². The van der Waals surface area contributed by atoms with Crippen molar-refractivity contribution in [1.82, 2.24) is 0 Å². The molecule has 0 saturated heterocycles. The minimum Gasteiger partial charge on any atom is -0.479 e. The highest BCUT2D eigenvalue weighted by atomic mass is 16.4. The first-order valence-electron chi connectivity index (χ1n) is 5.63. The zero-order valence-corrected chi connectivity index (χ0v) is 10.00. The van der Waals surface area contributed by atoms with Crippen molar-refractivity contribution in [1.29, 1.82) is 0 Å². The number of benzene rings is 2. The molecular formula is C15H14O3. The molecule has 0 fully saturated rings. The van der Waals surface area contributed by atoms with Crippen LogP contribution >= 0.6 is 0 Å². The normalized spacial score (nSPS) is 13.9. The van der Waals surface area contributed by atoms with E-state index in [9.17, 15) is 15.0 Å². The number of aryl methyl sites for hydroxylation is 1. The number of carboxylic acid groups (broad SMARTS) is 1. The van der Waals surface area contributed by atoms with E-state index in [0.717, 1.165) is 5.56 Å². The third kappa shape index (κ3) is 2.00. The van der Waals surface area contributed by atoms with E-state index in [1.165, 1.54) is 0 Å². The molecule has 3 nitrogen and oxygen atoms in total. The zero-order chi connectivity index (χ0) is 13.2. The van der Waals surface area contributed by atoms with Gasteiger partial charge < -0.3 is 10.2 Å². The van der Waals surface area contributed by atoms with Gasteiger partial charge in [0, 0.05) is 0 Å². The van der Waals surface area contributed by atoms with Crippen LogP contribution in [0, 0.1) is 6.92 Å². The second-order valence-corrected chi connectivity index (χ2v) is 4.25. The first-order chi connectivity index (χ1) is 8.55. The summed E-state index contributed by atoms with van der Waals surface area (Å²) < 4.78 is 0. The molecule has 0 aliphatic rings. The number of hydrogen-bond donors (Lipinski definition) is 2. The Morgan fingerprint density at radius 1 is 0.944 bits per heavy atom. The van der Waals surface area contributed by atoms with Gasteiger partial charge in [0.25, 0.3) is 0 Å². The molecular weight excluding hydrogens is 228 g/mol. The zero-order valence-electron chi connectivity index (χ0n) is 10.00. The summed E-state index contributed by atoms with van der Waals surface area (Å²) >= 11 is 0. The summed E-state index contributed by atoms with van der Waals surface area (Å²) in [7, 11) is 0. The lowest BCUT2D eigenvalue weighted by Crippen LogP contribution is -2.36. The fourth-order valence-corrected chi connectivity index (χ4v) is 1.89. The van der Waals surface area contributed by atoms with Crippen LogP contribution in [0.5, 0.6) is 0 Å². The summed E-state index contributed by atoms with van der Waals surface area (Å²) in [4.78, 5) is 11.5. The van der Waals surface area contributed by atoms with Crippen LogP contribution in [0.15, 0.2) is 54.6 Å². The van der Waals surface area contributed by atoms with Gasteiger partial charge in [0.05, 0.1) is 0 Å². The van der Waals surface area contributed by atoms with Gasteiger partial charge in [0.15, 0.2) is 0 Å². The molecule has 1 atom stereocenters. The maximum atomic E-state index is 11.5. The first kappa shape index (κ1) is 12.3. The van der Waals surface area contributed by atoms with E-state index < -0.39 is 11.6 Å². The molecule has 3 heteroatoms. The summed E-state index contributed by atoms with van der Waals surface area (Å²) in [6, 6.07) is 15.2. The average molecular weight is 242 g/mol. The molecule has 0 aliphatic heterocycles. The highest BCUT2D eigenvalue weighted by Gasteiger charge is 2.39. The maximum Gasteiger partial charge on any atom is 0.345 e. The molecule has 0 heterocycles. The lowest BCUT2D eigenvalue weighted by molar-refractivity contribution is -0.155. The van der Waals surface area contributed by atoms with E-state index in [2.05, 4.69) is 0 Å². The van der Waals surface area contributed by atoms with Crippen LogP contribution in [0.2, 0.25) is 0 Å². The molecule has 2 N–H and O–H groups in total. The Morgan fingerprint density at radius 3 is 1.94 bits per heavy atom. The SMILES string of the molecule is Cc1ccc([C@@](O)(C(=O)O)c2ccccc2)cc1. The standard InChI is InChI=1S/C15H14O3/c1-11-7-9-13(10-8-11)15(18,14(16)17)12-5-3-2-4-6-12/h2-10,18H,1H3,(H,16,17)/t15-/m1/s1. The Balaban J connectivity index is 2.58. The van der Waals surface area contributed by atoms with Crippen molar-refractivity contribution in [3.05, 3.63) is 71.3 Å². The molecule has 18 heavy (non-hydrogen) atoms. The van der Waals surface area contributed by atoms with Crippen LogP contribution in [0.4, 0.5) is 0 Å². The van der Waals surface area contributed by atoms with E-state index in [1.54, 1.807) is 54.6 Å². The predicted octanol–water partition coefficient (Wildman–Crippen LogP) is 2.32. The van der Waals surface area contributed by atoms with Crippen molar-refractivity contribution < 1.29 is 15.0 Å². The molecule has 0 spiro atoms. The minimum atomic E-state index is -2.01. The van der Waals surface area contributed by atoms with Gasteiger partial charge in [-0.3, -0.25) is 0 Å². The Morgan fingerprint density at radius 2 is 1.44 bits per heavy atom. The van der Waals surface area contributed by atoms with E-state index in [1.807, 2.05) is 6.92 Å². The van der Waals surface area contributed by atoms with Gasteiger partial charge in [-0.15, -0.1) is 0 Å². The summed E-state index contributed by atoms with van der Waals surface area (Å²) in [5, 5.41) is 19.9. The largest absolute Gasteiger partial charge is 0.479 e. The number of aliphatic hydroxyl groups is 1. The molecule has 0 saturated carbocycles. The molecule has 0 radical (unpaired) electrons. The molecule has 0 amide bonds. The molecule has 0 bridgehead atoms. The summed E-state index contributed by atoms with van der Waals surface area (Å²) in [6.45, 7) is 1.91. The maximum absolute atomic E-state index is 11.5. The number of hydrogen-bond acceptors (Lipinski definition) is 2. The molecule has 2 rings (SSSR count).